The zero-order chi connectivity index (χ0) is 8.27. The van der Waals surface area contributed by atoms with Crippen molar-refractivity contribution in [2.24, 2.45) is 0 Å². The highest BCUT2D eigenvalue weighted by Gasteiger charge is 2.06. The normalized spacial score (nSPS) is 9.64. The highest BCUT2D eigenvalue weighted by Crippen LogP contribution is 1.98. The monoisotopic (exact) mass is 171 g/mol. The van der Waals surface area contributed by atoms with Gasteiger partial charge >= 0.3 is 0 Å². The molecule has 5 heteroatoms. The molecule has 1 rings (SSSR count). The minimum Gasteiger partial charge on any atom is -0.343 e. The van der Waals surface area contributed by atoms with E-state index in [4.69, 9.17) is 17.1 Å². The molecule has 1 aromatic rings. The summed E-state index contributed by atoms with van der Waals surface area (Å²) >= 11 is 5.03. The lowest BCUT2D eigenvalue weighted by atomic mass is 10.5. The molecule has 0 radical (unpaired) electrons. The number of hydrogen-bond donors (Lipinski definition) is 1. The zero-order valence-corrected chi connectivity index (χ0v) is 7.18. The summed E-state index contributed by atoms with van der Waals surface area (Å²) in [6.45, 7) is 0. The highest BCUT2D eigenvalue weighted by atomic mass is 32.1. The van der Waals surface area contributed by atoms with E-state index in [9.17, 15) is 0 Å². The first-order valence-electron chi connectivity index (χ1n) is 3.06. The Morgan fingerprint density at radius 2 is 2.55 bits per heavy atom. The second-order valence-corrected chi connectivity index (χ2v) is 2.34. The number of hydrogen-bond acceptors (Lipinski definition) is 3. The number of H-pyrrole nitrogens is 1. The number of hydroxylamine groups is 2. The molecule has 4 nitrogen and oxygen atoms in total. The van der Waals surface area contributed by atoms with E-state index < -0.39 is 0 Å². The van der Waals surface area contributed by atoms with Gasteiger partial charge in [0.15, 0.2) is 4.99 Å². The average Bonchev–Trinajstić information content (AvgIpc) is 2.53. The van der Waals surface area contributed by atoms with Crippen LogP contribution in [0.3, 0.4) is 0 Å². The van der Waals surface area contributed by atoms with E-state index in [1.165, 1.54) is 5.06 Å². The molecule has 60 valence electrons. The van der Waals surface area contributed by atoms with Crippen LogP contribution in [0.1, 0.15) is 5.69 Å². The Morgan fingerprint density at radius 1 is 1.82 bits per heavy atom. The number of nitrogens with one attached hydrogen (secondary N) is 1. The molecule has 0 unspecified atom stereocenters. The number of thiocarbonyl (C=S) groups is 1. The van der Waals surface area contributed by atoms with Crippen molar-refractivity contribution in [3.8, 4) is 0 Å². The van der Waals surface area contributed by atoms with E-state index in [2.05, 4.69) is 9.97 Å². The first kappa shape index (κ1) is 8.16. The second-order valence-electron chi connectivity index (χ2n) is 1.95. The van der Waals surface area contributed by atoms with Gasteiger partial charge in [-0.05, 0) is 0 Å². The van der Waals surface area contributed by atoms with Gasteiger partial charge in [0.1, 0.15) is 0 Å². The predicted octanol–water partition coefficient (Wildman–Crippen LogP) is 0.578. The number of aromatic nitrogens is 2. The fourth-order valence-corrected chi connectivity index (χ4v) is 0.812. The van der Waals surface area contributed by atoms with E-state index in [1.54, 1.807) is 26.7 Å². The molecule has 0 amide bonds. The van der Waals surface area contributed by atoms with E-state index in [0.29, 0.717) is 4.99 Å². The zero-order valence-electron chi connectivity index (χ0n) is 6.37. The van der Waals surface area contributed by atoms with Crippen LogP contribution in [0.5, 0.6) is 0 Å². The highest BCUT2D eigenvalue weighted by molar-refractivity contribution is 7.80. The van der Waals surface area contributed by atoms with Gasteiger partial charge in [-0.25, -0.2) is 10.0 Å². The van der Waals surface area contributed by atoms with Gasteiger partial charge < -0.3 is 4.98 Å². The molecule has 0 saturated carbocycles. The van der Waals surface area contributed by atoms with Crippen molar-refractivity contribution in [3.63, 3.8) is 0 Å². The maximum absolute atomic E-state index is 5.03. The summed E-state index contributed by atoms with van der Waals surface area (Å²) in [6.07, 6.45) is 3.23. The molecule has 0 aliphatic carbocycles. The van der Waals surface area contributed by atoms with Crippen LogP contribution in [-0.2, 0) is 4.84 Å². The van der Waals surface area contributed by atoms with Gasteiger partial charge in [0.05, 0.1) is 25.3 Å². The first-order valence-corrected chi connectivity index (χ1v) is 3.47. The standard InChI is InChI=1S/C6H9N3OS/c1-9(10-2)6(11)5-3-7-4-8-5/h3-4H,1-2H3,(H,7,8). The summed E-state index contributed by atoms with van der Waals surface area (Å²) in [5.74, 6) is 0. The molecule has 11 heavy (non-hydrogen) atoms. The van der Waals surface area contributed by atoms with E-state index >= 15 is 0 Å². The number of imidazole rings is 1. The molecule has 0 aromatic carbocycles. The van der Waals surface area contributed by atoms with Crippen LogP contribution < -0.4 is 0 Å². The molecule has 0 bridgehead atoms. The van der Waals surface area contributed by atoms with Crippen molar-refractivity contribution in [2.45, 2.75) is 0 Å². The molecular formula is C6H9N3OS. The summed E-state index contributed by atoms with van der Waals surface area (Å²) in [6, 6.07) is 0. The third-order valence-corrected chi connectivity index (χ3v) is 1.77. The van der Waals surface area contributed by atoms with Crippen LogP contribution in [0.25, 0.3) is 0 Å². The van der Waals surface area contributed by atoms with E-state index in [0.717, 1.165) is 5.69 Å². The number of nitrogens with zero attached hydrogens (tertiary/aromatic N) is 2. The Balaban J connectivity index is 2.70. The van der Waals surface area contributed by atoms with E-state index in [1.807, 2.05) is 0 Å². The maximum atomic E-state index is 5.03. The Hall–Kier alpha value is -0.940. The van der Waals surface area contributed by atoms with Crippen LogP contribution in [0.2, 0.25) is 0 Å². The van der Waals surface area contributed by atoms with Crippen molar-refractivity contribution in [3.05, 3.63) is 18.2 Å². The third-order valence-electron chi connectivity index (χ3n) is 1.29. The lowest BCUT2D eigenvalue weighted by molar-refractivity contribution is -0.0387. The van der Waals surface area contributed by atoms with E-state index in [-0.39, 0.29) is 0 Å². The van der Waals surface area contributed by atoms with Gasteiger partial charge in [-0.15, -0.1) is 0 Å². The van der Waals surface area contributed by atoms with Gasteiger partial charge in [0.25, 0.3) is 0 Å². The van der Waals surface area contributed by atoms with Crippen molar-refractivity contribution >= 4 is 17.2 Å². The lowest BCUT2D eigenvalue weighted by Crippen LogP contribution is -2.24. The summed E-state index contributed by atoms with van der Waals surface area (Å²) in [7, 11) is 3.30. The summed E-state index contributed by atoms with van der Waals surface area (Å²) in [4.78, 5) is 12.2. The fourth-order valence-electron chi connectivity index (χ4n) is 0.625. The number of rotatable bonds is 2. The molecule has 1 aromatic heterocycles. The molecule has 0 aliphatic heterocycles. The van der Waals surface area contributed by atoms with Crippen LogP contribution in [-0.4, -0.2) is 34.2 Å². The minimum absolute atomic E-state index is 0.588. The van der Waals surface area contributed by atoms with Gasteiger partial charge in [-0.2, -0.15) is 0 Å². The van der Waals surface area contributed by atoms with Gasteiger partial charge in [-0.3, -0.25) is 4.84 Å². The minimum atomic E-state index is 0.588. The predicted molar refractivity (Wildman–Crippen MR) is 45.1 cm³/mol. The van der Waals surface area contributed by atoms with Gasteiger partial charge in [0.2, 0.25) is 0 Å². The average molecular weight is 171 g/mol. The van der Waals surface area contributed by atoms with Crippen molar-refractivity contribution in [1.82, 2.24) is 15.0 Å². The maximum Gasteiger partial charge on any atom is 0.151 e. The molecule has 0 saturated heterocycles. The molecule has 0 spiro atoms. The largest absolute Gasteiger partial charge is 0.343 e. The quantitative estimate of drug-likeness (QED) is 0.522. The van der Waals surface area contributed by atoms with Crippen LogP contribution >= 0.6 is 12.2 Å². The van der Waals surface area contributed by atoms with Crippen molar-refractivity contribution in [2.75, 3.05) is 14.2 Å². The smallest absolute Gasteiger partial charge is 0.151 e. The number of aromatic amines is 1. The Morgan fingerprint density at radius 3 is 3.00 bits per heavy atom. The molecular weight excluding hydrogens is 162 g/mol. The molecule has 0 atom stereocenters. The van der Waals surface area contributed by atoms with Crippen LogP contribution in [0, 0.1) is 0 Å². The van der Waals surface area contributed by atoms with Crippen LogP contribution in [0.15, 0.2) is 12.5 Å². The SMILES string of the molecule is CON(C)C(=S)c1cnc[nH]1. The van der Waals surface area contributed by atoms with Gasteiger partial charge in [0, 0.05) is 7.05 Å². The molecule has 1 heterocycles. The lowest BCUT2D eigenvalue weighted by Gasteiger charge is -2.14. The second kappa shape index (κ2) is 3.45. The Labute approximate surface area is 70.1 Å². The van der Waals surface area contributed by atoms with Gasteiger partial charge in [-0.1, -0.05) is 12.2 Å². The van der Waals surface area contributed by atoms with Crippen LogP contribution in [0.4, 0.5) is 0 Å². The Bertz CT molecular complexity index is 234. The van der Waals surface area contributed by atoms with Crippen molar-refractivity contribution < 1.29 is 4.84 Å². The third kappa shape index (κ3) is 1.75. The first-order chi connectivity index (χ1) is 5.25. The summed E-state index contributed by atoms with van der Waals surface area (Å²) < 4.78 is 0. The van der Waals surface area contributed by atoms with Crippen molar-refractivity contribution in [1.29, 1.82) is 0 Å². The topological polar surface area (TPSA) is 41.1 Å². The fraction of sp³-hybridized carbons (Fsp3) is 0.333. The molecule has 1 N–H and O–H groups in total. The molecule has 0 fully saturated rings. The summed E-state index contributed by atoms with van der Waals surface area (Å²) in [5.41, 5.74) is 0.782. The molecule has 0 aliphatic rings. The summed E-state index contributed by atoms with van der Waals surface area (Å²) in [5, 5.41) is 1.49. The Kier molecular flexibility index (Phi) is 2.56.